The van der Waals surface area contributed by atoms with Crippen molar-refractivity contribution in [2.75, 3.05) is 13.6 Å². The molecule has 0 aliphatic rings. The molecule has 0 saturated carbocycles. The van der Waals surface area contributed by atoms with Crippen LogP contribution < -0.4 is 5.32 Å². The number of likely N-dealkylation sites (N-methyl/N-ethyl adjacent to an activating group) is 1. The normalized spacial score (nSPS) is 13.3. The Kier molecular flexibility index (Phi) is 6.16. The van der Waals surface area contributed by atoms with E-state index in [-0.39, 0.29) is 0 Å². The molecule has 3 heteroatoms. The van der Waals surface area contributed by atoms with Crippen LogP contribution in [0.4, 0.5) is 0 Å². The van der Waals surface area contributed by atoms with Gasteiger partial charge < -0.3 is 5.32 Å². The second-order valence-electron chi connectivity index (χ2n) is 4.90. The van der Waals surface area contributed by atoms with Crippen LogP contribution in [0.15, 0.2) is 24.5 Å². The number of hydrogen-bond acceptors (Lipinski definition) is 3. The first kappa shape index (κ1) is 14.1. The predicted molar refractivity (Wildman–Crippen MR) is 72.9 cm³/mol. The van der Waals surface area contributed by atoms with Gasteiger partial charge in [0.05, 0.1) is 0 Å². The molecule has 0 bridgehead atoms. The highest BCUT2D eigenvalue weighted by atomic mass is 15.1. The van der Waals surface area contributed by atoms with Crippen LogP contribution in [0.5, 0.6) is 0 Å². The molecular weight excluding hydrogens is 210 g/mol. The van der Waals surface area contributed by atoms with Crippen molar-refractivity contribution in [3.05, 3.63) is 30.1 Å². The van der Waals surface area contributed by atoms with Gasteiger partial charge in [-0.3, -0.25) is 9.88 Å². The summed E-state index contributed by atoms with van der Waals surface area (Å²) < 4.78 is 0. The van der Waals surface area contributed by atoms with Crippen molar-refractivity contribution in [1.82, 2.24) is 15.2 Å². The first-order valence-electron chi connectivity index (χ1n) is 6.46. The number of hydrogen-bond donors (Lipinski definition) is 1. The highest BCUT2D eigenvalue weighted by molar-refractivity contribution is 5.09. The molecule has 1 N–H and O–H groups in total. The Bertz CT molecular complexity index is 298. The van der Waals surface area contributed by atoms with E-state index in [9.17, 15) is 0 Å². The van der Waals surface area contributed by atoms with E-state index in [0.29, 0.717) is 12.1 Å². The molecule has 17 heavy (non-hydrogen) atoms. The van der Waals surface area contributed by atoms with Crippen LogP contribution in [0.25, 0.3) is 0 Å². The van der Waals surface area contributed by atoms with Crippen molar-refractivity contribution in [1.29, 1.82) is 0 Å². The molecule has 0 radical (unpaired) electrons. The molecule has 1 unspecified atom stereocenters. The Labute approximate surface area is 105 Å². The van der Waals surface area contributed by atoms with Crippen LogP contribution in [0, 0.1) is 0 Å². The first-order chi connectivity index (χ1) is 8.13. The predicted octanol–water partition coefficient (Wildman–Crippen LogP) is 2.29. The molecule has 0 aliphatic heterocycles. The molecule has 1 heterocycles. The number of rotatable bonds is 7. The summed E-state index contributed by atoms with van der Waals surface area (Å²) in [6, 6.07) is 5.31. The lowest BCUT2D eigenvalue weighted by Crippen LogP contribution is -2.41. The Morgan fingerprint density at radius 3 is 2.47 bits per heavy atom. The van der Waals surface area contributed by atoms with Crippen molar-refractivity contribution in [2.45, 2.75) is 45.8 Å². The van der Waals surface area contributed by atoms with Gasteiger partial charge in [-0.05, 0) is 31.2 Å². The van der Waals surface area contributed by atoms with Crippen molar-refractivity contribution in [3.8, 4) is 0 Å². The van der Waals surface area contributed by atoms with Crippen LogP contribution >= 0.6 is 0 Å². The van der Waals surface area contributed by atoms with Crippen LogP contribution in [0.1, 0.15) is 32.8 Å². The number of aromatic nitrogens is 1. The lowest BCUT2D eigenvalue weighted by atomic mass is 10.1. The van der Waals surface area contributed by atoms with E-state index in [4.69, 9.17) is 0 Å². The summed E-state index contributed by atoms with van der Waals surface area (Å²) in [7, 11) is 2.19. The number of pyridine rings is 1. The summed E-state index contributed by atoms with van der Waals surface area (Å²) in [5.41, 5.74) is 1.32. The van der Waals surface area contributed by atoms with Gasteiger partial charge in [-0.1, -0.05) is 20.8 Å². The van der Waals surface area contributed by atoms with Gasteiger partial charge in [0, 0.05) is 37.6 Å². The molecule has 0 spiro atoms. The van der Waals surface area contributed by atoms with E-state index in [2.05, 4.69) is 55.2 Å². The van der Waals surface area contributed by atoms with E-state index < -0.39 is 0 Å². The Morgan fingerprint density at radius 1 is 1.29 bits per heavy atom. The van der Waals surface area contributed by atoms with E-state index >= 15 is 0 Å². The van der Waals surface area contributed by atoms with E-state index in [1.807, 2.05) is 12.4 Å². The minimum Gasteiger partial charge on any atom is -0.313 e. The molecular formula is C14H25N3. The minimum absolute atomic E-state index is 0.554. The van der Waals surface area contributed by atoms with Crippen molar-refractivity contribution in [2.24, 2.45) is 0 Å². The topological polar surface area (TPSA) is 28.2 Å². The molecule has 1 atom stereocenters. The third-order valence-electron chi connectivity index (χ3n) is 3.04. The smallest absolute Gasteiger partial charge is 0.0271 e. The van der Waals surface area contributed by atoms with Crippen LogP contribution in [0.3, 0.4) is 0 Å². The molecule has 1 aromatic heterocycles. The second kappa shape index (κ2) is 7.41. The van der Waals surface area contributed by atoms with Gasteiger partial charge in [0.25, 0.3) is 0 Å². The average molecular weight is 235 g/mol. The van der Waals surface area contributed by atoms with E-state index in [1.165, 1.54) is 12.0 Å². The summed E-state index contributed by atoms with van der Waals surface area (Å²) >= 11 is 0. The summed E-state index contributed by atoms with van der Waals surface area (Å²) in [5.74, 6) is 0. The standard InChI is InChI=1S/C14H25N3/c1-5-14(10-16-12(2)3)17(4)11-13-6-8-15-9-7-13/h6-9,12,14,16H,5,10-11H2,1-4H3. The number of nitrogens with zero attached hydrogens (tertiary/aromatic N) is 2. The third-order valence-corrected chi connectivity index (χ3v) is 3.04. The van der Waals surface area contributed by atoms with Gasteiger partial charge in [-0.15, -0.1) is 0 Å². The SMILES string of the molecule is CCC(CNC(C)C)N(C)Cc1ccncc1. The fourth-order valence-electron chi connectivity index (χ4n) is 1.89. The van der Waals surface area contributed by atoms with Crippen LogP contribution in [-0.2, 0) is 6.54 Å². The minimum atomic E-state index is 0.554. The number of nitrogens with one attached hydrogen (secondary N) is 1. The maximum atomic E-state index is 4.05. The molecule has 3 nitrogen and oxygen atoms in total. The molecule has 96 valence electrons. The van der Waals surface area contributed by atoms with Gasteiger partial charge in [0.1, 0.15) is 0 Å². The van der Waals surface area contributed by atoms with Crippen molar-refractivity contribution >= 4 is 0 Å². The monoisotopic (exact) mass is 235 g/mol. The van der Waals surface area contributed by atoms with Gasteiger partial charge in [0.2, 0.25) is 0 Å². The summed E-state index contributed by atoms with van der Waals surface area (Å²) in [4.78, 5) is 6.45. The highest BCUT2D eigenvalue weighted by Gasteiger charge is 2.12. The Hall–Kier alpha value is -0.930. The molecule has 1 aromatic rings. The highest BCUT2D eigenvalue weighted by Crippen LogP contribution is 2.07. The average Bonchev–Trinajstić information content (AvgIpc) is 2.30. The quantitative estimate of drug-likeness (QED) is 0.786. The van der Waals surface area contributed by atoms with Crippen molar-refractivity contribution < 1.29 is 0 Å². The van der Waals surface area contributed by atoms with Gasteiger partial charge in [-0.2, -0.15) is 0 Å². The van der Waals surface area contributed by atoms with Gasteiger partial charge in [0.15, 0.2) is 0 Å². The second-order valence-corrected chi connectivity index (χ2v) is 4.90. The maximum Gasteiger partial charge on any atom is 0.0271 e. The Balaban J connectivity index is 2.46. The Morgan fingerprint density at radius 2 is 1.94 bits per heavy atom. The zero-order chi connectivity index (χ0) is 12.7. The fraction of sp³-hybridized carbons (Fsp3) is 0.643. The molecule has 1 rings (SSSR count). The molecule has 0 saturated heterocycles. The van der Waals surface area contributed by atoms with Crippen molar-refractivity contribution in [3.63, 3.8) is 0 Å². The lowest BCUT2D eigenvalue weighted by Gasteiger charge is -2.28. The van der Waals surface area contributed by atoms with Crippen LogP contribution in [0.2, 0.25) is 0 Å². The molecule has 0 fully saturated rings. The molecule has 0 aromatic carbocycles. The third kappa shape index (κ3) is 5.29. The lowest BCUT2D eigenvalue weighted by molar-refractivity contribution is 0.218. The van der Waals surface area contributed by atoms with E-state index in [1.54, 1.807) is 0 Å². The maximum absolute atomic E-state index is 4.05. The summed E-state index contributed by atoms with van der Waals surface area (Å²) in [6.45, 7) is 8.66. The van der Waals surface area contributed by atoms with Gasteiger partial charge >= 0.3 is 0 Å². The molecule has 0 amide bonds. The fourth-order valence-corrected chi connectivity index (χ4v) is 1.89. The van der Waals surface area contributed by atoms with Crippen LogP contribution in [-0.4, -0.2) is 35.6 Å². The van der Waals surface area contributed by atoms with E-state index in [0.717, 1.165) is 13.1 Å². The largest absolute Gasteiger partial charge is 0.313 e. The zero-order valence-electron chi connectivity index (χ0n) is 11.5. The van der Waals surface area contributed by atoms with Gasteiger partial charge in [-0.25, -0.2) is 0 Å². The first-order valence-corrected chi connectivity index (χ1v) is 6.46. The summed E-state index contributed by atoms with van der Waals surface area (Å²) in [6.07, 6.45) is 4.88. The molecule has 0 aliphatic carbocycles. The summed E-state index contributed by atoms with van der Waals surface area (Å²) in [5, 5.41) is 3.51. The zero-order valence-corrected chi connectivity index (χ0v) is 11.5.